The van der Waals surface area contributed by atoms with Gasteiger partial charge in [0.2, 0.25) is 0 Å². The van der Waals surface area contributed by atoms with E-state index in [2.05, 4.69) is 26.0 Å². The lowest BCUT2D eigenvalue weighted by atomic mass is 9.51. The first-order chi connectivity index (χ1) is 11.9. The molecule has 1 aliphatic heterocycles. The number of rotatable bonds is 0. The van der Waals surface area contributed by atoms with Crippen molar-refractivity contribution in [2.45, 2.75) is 77.2 Å². The first kappa shape index (κ1) is 15.8. The number of carbonyl (C=O) groups excluding carboxylic acids is 2. The zero-order valence-corrected chi connectivity index (χ0v) is 15.4. The van der Waals surface area contributed by atoms with Gasteiger partial charge in [0.05, 0.1) is 0 Å². The molecule has 3 heteroatoms. The van der Waals surface area contributed by atoms with Gasteiger partial charge in [0.25, 0.3) is 0 Å². The summed E-state index contributed by atoms with van der Waals surface area (Å²) in [6, 6.07) is 0. The number of Topliss-reactive ketones (excluding diaryl/α,β-unsaturated/α-hetero) is 1. The Kier molecular flexibility index (Phi) is 3.08. The van der Waals surface area contributed by atoms with Crippen LogP contribution in [0.5, 0.6) is 0 Å². The number of allylic oxidation sites excluding steroid dienone is 4. The van der Waals surface area contributed by atoms with Gasteiger partial charge in [0.1, 0.15) is 11.4 Å². The van der Waals surface area contributed by atoms with E-state index in [4.69, 9.17) is 4.74 Å². The number of ketones is 1. The smallest absolute Gasteiger partial charge is 0.306 e. The van der Waals surface area contributed by atoms with Crippen molar-refractivity contribution in [3.05, 3.63) is 23.3 Å². The maximum Gasteiger partial charge on any atom is 0.306 e. The molecule has 1 spiro atoms. The van der Waals surface area contributed by atoms with Crippen LogP contribution in [-0.2, 0) is 14.3 Å². The lowest BCUT2D eigenvalue weighted by Gasteiger charge is -2.54. The highest BCUT2D eigenvalue weighted by Gasteiger charge is 2.65. The van der Waals surface area contributed by atoms with Crippen molar-refractivity contribution in [1.29, 1.82) is 0 Å². The summed E-state index contributed by atoms with van der Waals surface area (Å²) in [5.41, 5.74) is 2.93. The molecule has 0 amide bonds. The van der Waals surface area contributed by atoms with Crippen LogP contribution in [-0.4, -0.2) is 17.4 Å². The molecule has 1 heterocycles. The highest BCUT2D eigenvalue weighted by atomic mass is 16.6. The molecule has 4 unspecified atom stereocenters. The Morgan fingerprint density at radius 1 is 1.08 bits per heavy atom. The van der Waals surface area contributed by atoms with E-state index in [0.717, 1.165) is 38.5 Å². The van der Waals surface area contributed by atoms with Gasteiger partial charge in [-0.1, -0.05) is 37.1 Å². The van der Waals surface area contributed by atoms with Gasteiger partial charge in [-0.2, -0.15) is 0 Å². The summed E-state index contributed by atoms with van der Waals surface area (Å²) < 4.78 is 5.98. The van der Waals surface area contributed by atoms with Gasteiger partial charge in [-0.25, -0.2) is 0 Å². The third-order valence-electron chi connectivity index (χ3n) is 8.65. The Morgan fingerprint density at radius 3 is 2.68 bits per heavy atom. The maximum atomic E-state index is 11.9. The fourth-order valence-electron chi connectivity index (χ4n) is 7.07. The summed E-state index contributed by atoms with van der Waals surface area (Å²) in [5.74, 6) is 1.58. The molecule has 3 nitrogen and oxygen atoms in total. The second-order valence-corrected chi connectivity index (χ2v) is 9.51. The maximum absolute atomic E-state index is 11.9. The highest BCUT2D eigenvalue weighted by Crippen LogP contribution is 2.67. The van der Waals surface area contributed by atoms with Crippen LogP contribution >= 0.6 is 0 Å². The first-order valence-corrected chi connectivity index (χ1v) is 10.0. The molecule has 4 aliphatic carbocycles. The van der Waals surface area contributed by atoms with Crippen LogP contribution in [0.25, 0.3) is 0 Å². The third kappa shape index (κ3) is 1.88. The first-order valence-electron chi connectivity index (χ1n) is 10.0. The number of carbonyl (C=O) groups is 2. The molecule has 134 valence electrons. The molecule has 0 radical (unpaired) electrons. The predicted molar refractivity (Wildman–Crippen MR) is 94.7 cm³/mol. The molecular formula is C22H28O3. The molecule has 5 aliphatic rings. The lowest BCUT2D eigenvalue weighted by molar-refractivity contribution is -0.160. The van der Waals surface area contributed by atoms with Crippen LogP contribution in [0.1, 0.15) is 71.6 Å². The van der Waals surface area contributed by atoms with Crippen LogP contribution in [0.4, 0.5) is 0 Å². The second kappa shape index (κ2) is 4.86. The second-order valence-electron chi connectivity index (χ2n) is 9.51. The Balaban J connectivity index is 1.54. The summed E-state index contributed by atoms with van der Waals surface area (Å²) >= 11 is 0. The van der Waals surface area contributed by atoms with Gasteiger partial charge in [-0.05, 0) is 50.4 Å². The molecule has 3 fully saturated rings. The van der Waals surface area contributed by atoms with Crippen LogP contribution in [0.3, 0.4) is 0 Å². The van der Waals surface area contributed by atoms with Crippen LogP contribution in [0.15, 0.2) is 23.3 Å². The van der Waals surface area contributed by atoms with E-state index in [0.29, 0.717) is 30.5 Å². The van der Waals surface area contributed by atoms with Crippen molar-refractivity contribution >= 4 is 11.8 Å². The number of ether oxygens (including phenoxy) is 1. The van der Waals surface area contributed by atoms with E-state index in [-0.39, 0.29) is 22.4 Å². The Morgan fingerprint density at radius 2 is 1.92 bits per heavy atom. The van der Waals surface area contributed by atoms with Crippen molar-refractivity contribution in [2.75, 3.05) is 0 Å². The summed E-state index contributed by atoms with van der Waals surface area (Å²) in [7, 11) is 0. The SMILES string of the molecule is CC12CCC(=O)CC1=CCC1C2=CCC2(C)C1CC[C@@]21CCC(=O)O1. The Bertz CT molecular complexity index is 732. The van der Waals surface area contributed by atoms with Gasteiger partial charge in [0.15, 0.2) is 0 Å². The quantitative estimate of drug-likeness (QED) is 0.481. The minimum atomic E-state index is -0.218. The molecule has 0 aromatic heterocycles. The molecule has 2 saturated carbocycles. The monoisotopic (exact) mass is 340 g/mol. The zero-order valence-electron chi connectivity index (χ0n) is 15.4. The van der Waals surface area contributed by atoms with Crippen molar-refractivity contribution in [3.8, 4) is 0 Å². The summed E-state index contributed by atoms with van der Waals surface area (Å²) in [5, 5.41) is 0. The van der Waals surface area contributed by atoms with E-state index in [9.17, 15) is 9.59 Å². The molecular weight excluding hydrogens is 312 g/mol. The fraction of sp³-hybridized carbons (Fsp3) is 0.727. The number of esters is 1. The van der Waals surface area contributed by atoms with Crippen molar-refractivity contribution in [2.24, 2.45) is 22.7 Å². The summed E-state index contributed by atoms with van der Waals surface area (Å²) in [6.45, 7) is 4.74. The van der Waals surface area contributed by atoms with E-state index in [1.165, 1.54) is 12.0 Å². The zero-order chi connectivity index (χ0) is 17.4. The normalized spacial score (nSPS) is 48.4. The average Bonchev–Trinajstić information content (AvgIpc) is 3.10. The topological polar surface area (TPSA) is 43.4 Å². The highest BCUT2D eigenvalue weighted by molar-refractivity contribution is 5.83. The number of hydrogen-bond donors (Lipinski definition) is 0. The van der Waals surface area contributed by atoms with Gasteiger partial charge >= 0.3 is 5.97 Å². The molecule has 25 heavy (non-hydrogen) atoms. The molecule has 5 atom stereocenters. The summed E-state index contributed by atoms with van der Waals surface area (Å²) in [4.78, 5) is 23.8. The van der Waals surface area contributed by atoms with E-state index < -0.39 is 0 Å². The molecule has 0 aromatic rings. The van der Waals surface area contributed by atoms with Gasteiger partial charge in [-0.15, -0.1) is 0 Å². The van der Waals surface area contributed by atoms with Gasteiger partial charge in [-0.3, -0.25) is 9.59 Å². The lowest BCUT2D eigenvalue weighted by Crippen LogP contribution is -2.50. The third-order valence-corrected chi connectivity index (χ3v) is 8.65. The Labute approximate surface area is 149 Å². The standard InChI is InChI=1S/C22H28O3/c1-20-9-5-15(23)13-14(20)3-4-16-17(20)6-10-21(2)18(16)7-11-22(21)12-8-19(24)25-22/h3,6,16,18H,4-5,7-13H2,1-2H3/t16?,18?,20?,21?,22-/m1/s1. The number of hydrogen-bond acceptors (Lipinski definition) is 3. The number of fused-ring (bicyclic) bond motifs is 6. The van der Waals surface area contributed by atoms with Gasteiger partial charge in [0, 0.05) is 30.1 Å². The molecule has 0 N–H and O–H groups in total. The van der Waals surface area contributed by atoms with E-state index in [1.54, 1.807) is 5.57 Å². The van der Waals surface area contributed by atoms with E-state index >= 15 is 0 Å². The van der Waals surface area contributed by atoms with Crippen LogP contribution < -0.4 is 0 Å². The summed E-state index contributed by atoms with van der Waals surface area (Å²) in [6.07, 6.45) is 13.0. The molecule has 0 aromatic carbocycles. The van der Waals surface area contributed by atoms with Gasteiger partial charge < -0.3 is 4.74 Å². The Hall–Kier alpha value is -1.38. The van der Waals surface area contributed by atoms with Crippen LogP contribution in [0.2, 0.25) is 0 Å². The van der Waals surface area contributed by atoms with Crippen molar-refractivity contribution < 1.29 is 14.3 Å². The fourth-order valence-corrected chi connectivity index (χ4v) is 7.07. The predicted octanol–water partition coefficient (Wildman–Crippen LogP) is 4.51. The minimum Gasteiger partial charge on any atom is -0.458 e. The largest absolute Gasteiger partial charge is 0.458 e. The van der Waals surface area contributed by atoms with Crippen molar-refractivity contribution in [1.82, 2.24) is 0 Å². The molecule has 1 saturated heterocycles. The van der Waals surface area contributed by atoms with E-state index in [1.807, 2.05) is 0 Å². The van der Waals surface area contributed by atoms with Crippen LogP contribution in [0, 0.1) is 22.7 Å². The molecule has 5 rings (SSSR count). The van der Waals surface area contributed by atoms with Crippen molar-refractivity contribution in [3.63, 3.8) is 0 Å². The minimum absolute atomic E-state index is 0.000215. The molecule has 0 bridgehead atoms. The average molecular weight is 340 g/mol.